The van der Waals surface area contributed by atoms with Crippen molar-refractivity contribution in [2.24, 2.45) is 0 Å². The molecular formula is C13H12FN3O. The predicted molar refractivity (Wildman–Crippen MR) is 67.8 cm³/mol. The van der Waals surface area contributed by atoms with Crippen molar-refractivity contribution in [3.63, 3.8) is 0 Å². The van der Waals surface area contributed by atoms with Crippen molar-refractivity contribution in [3.05, 3.63) is 54.0 Å². The lowest BCUT2D eigenvalue weighted by molar-refractivity contribution is 0.0992. The highest BCUT2D eigenvalue weighted by Gasteiger charge is 2.14. The van der Waals surface area contributed by atoms with Crippen molar-refractivity contribution in [1.82, 2.24) is 4.98 Å². The number of hydrogen-bond acceptors (Lipinski definition) is 3. The van der Waals surface area contributed by atoms with Crippen LogP contribution in [0.3, 0.4) is 0 Å². The van der Waals surface area contributed by atoms with Crippen LogP contribution in [-0.4, -0.2) is 17.9 Å². The second-order valence-corrected chi connectivity index (χ2v) is 3.82. The maximum atomic E-state index is 13.0. The van der Waals surface area contributed by atoms with E-state index in [-0.39, 0.29) is 11.5 Å². The van der Waals surface area contributed by atoms with Crippen LogP contribution in [0.25, 0.3) is 0 Å². The van der Waals surface area contributed by atoms with Gasteiger partial charge in [0.1, 0.15) is 11.6 Å². The van der Waals surface area contributed by atoms with Crippen LogP contribution in [0.5, 0.6) is 0 Å². The van der Waals surface area contributed by atoms with Gasteiger partial charge in [0.15, 0.2) is 0 Å². The molecule has 1 amide bonds. The zero-order valence-electron chi connectivity index (χ0n) is 9.80. The number of benzene rings is 1. The summed E-state index contributed by atoms with van der Waals surface area (Å²) in [6.45, 7) is 0. The van der Waals surface area contributed by atoms with Gasteiger partial charge in [-0.2, -0.15) is 0 Å². The Labute approximate surface area is 104 Å². The van der Waals surface area contributed by atoms with E-state index in [2.05, 4.69) is 4.98 Å². The number of carbonyl (C=O) groups is 1. The van der Waals surface area contributed by atoms with Crippen molar-refractivity contribution in [2.45, 2.75) is 0 Å². The number of carbonyl (C=O) groups excluding carboxylic acids is 1. The van der Waals surface area contributed by atoms with Gasteiger partial charge in [-0.3, -0.25) is 9.69 Å². The Balaban J connectivity index is 2.26. The molecule has 0 aliphatic carbocycles. The lowest BCUT2D eigenvalue weighted by Crippen LogP contribution is -2.27. The second kappa shape index (κ2) is 4.83. The SMILES string of the molecule is CN(C(=O)c1cccc(F)c1)c1ccc(N)cn1. The van der Waals surface area contributed by atoms with Crippen molar-refractivity contribution in [2.75, 3.05) is 17.7 Å². The molecule has 5 heteroatoms. The van der Waals surface area contributed by atoms with E-state index in [1.807, 2.05) is 0 Å². The minimum absolute atomic E-state index is 0.274. The molecular weight excluding hydrogens is 233 g/mol. The molecule has 0 unspecified atom stereocenters. The third-order valence-corrected chi connectivity index (χ3v) is 2.49. The van der Waals surface area contributed by atoms with Gasteiger partial charge in [0.2, 0.25) is 0 Å². The first kappa shape index (κ1) is 12.0. The van der Waals surface area contributed by atoms with Crippen molar-refractivity contribution in [3.8, 4) is 0 Å². The first-order valence-corrected chi connectivity index (χ1v) is 5.33. The summed E-state index contributed by atoms with van der Waals surface area (Å²) in [7, 11) is 1.58. The molecule has 0 fully saturated rings. The number of nitrogens with two attached hydrogens (primary N) is 1. The molecule has 0 aliphatic rings. The smallest absolute Gasteiger partial charge is 0.259 e. The summed E-state index contributed by atoms with van der Waals surface area (Å²) in [6, 6.07) is 8.81. The molecule has 2 N–H and O–H groups in total. The first-order valence-electron chi connectivity index (χ1n) is 5.33. The molecule has 0 saturated carbocycles. The monoisotopic (exact) mass is 245 g/mol. The number of hydrogen-bond donors (Lipinski definition) is 1. The van der Waals surface area contributed by atoms with Gasteiger partial charge in [0, 0.05) is 12.6 Å². The topological polar surface area (TPSA) is 59.2 Å². The van der Waals surface area contributed by atoms with Crippen LogP contribution in [0.2, 0.25) is 0 Å². The highest BCUT2D eigenvalue weighted by molar-refractivity contribution is 6.05. The van der Waals surface area contributed by atoms with Gasteiger partial charge in [-0.25, -0.2) is 9.37 Å². The standard InChI is InChI=1S/C13H12FN3O/c1-17(12-6-5-11(15)8-16-12)13(18)9-3-2-4-10(14)7-9/h2-8H,15H2,1H3. The fourth-order valence-electron chi connectivity index (χ4n) is 1.52. The Morgan fingerprint density at radius 3 is 2.72 bits per heavy atom. The van der Waals surface area contributed by atoms with E-state index in [1.54, 1.807) is 25.2 Å². The zero-order chi connectivity index (χ0) is 13.1. The summed E-state index contributed by atoms with van der Waals surface area (Å²) in [5.41, 5.74) is 6.31. The van der Waals surface area contributed by atoms with Crippen LogP contribution in [0.15, 0.2) is 42.6 Å². The van der Waals surface area contributed by atoms with Crippen molar-refractivity contribution in [1.29, 1.82) is 0 Å². The van der Waals surface area contributed by atoms with Crippen LogP contribution in [-0.2, 0) is 0 Å². The molecule has 0 aliphatic heterocycles. The third kappa shape index (κ3) is 2.45. The van der Waals surface area contributed by atoms with Gasteiger partial charge in [0.05, 0.1) is 11.9 Å². The third-order valence-electron chi connectivity index (χ3n) is 2.49. The average Bonchev–Trinajstić information content (AvgIpc) is 2.38. The fourth-order valence-corrected chi connectivity index (χ4v) is 1.52. The summed E-state index contributed by atoms with van der Waals surface area (Å²) >= 11 is 0. The van der Waals surface area contributed by atoms with E-state index < -0.39 is 5.82 Å². The number of anilines is 2. The molecule has 0 saturated heterocycles. The number of halogens is 1. The lowest BCUT2D eigenvalue weighted by Gasteiger charge is -2.16. The van der Waals surface area contributed by atoms with Gasteiger partial charge < -0.3 is 5.73 Å². The van der Waals surface area contributed by atoms with Crippen molar-refractivity contribution >= 4 is 17.4 Å². The fraction of sp³-hybridized carbons (Fsp3) is 0.0769. The van der Waals surface area contributed by atoms with E-state index in [4.69, 9.17) is 5.73 Å². The minimum atomic E-state index is -0.445. The highest BCUT2D eigenvalue weighted by Crippen LogP contribution is 2.14. The lowest BCUT2D eigenvalue weighted by atomic mass is 10.2. The summed E-state index contributed by atoms with van der Waals surface area (Å²) in [5.74, 6) is -0.315. The number of rotatable bonds is 2. The number of aromatic nitrogens is 1. The van der Waals surface area contributed by atoms with Crippen LogP contribution >= 0.6 is 0 Å². The maximum Gasteiger partial charge on any atom is 0.259 e. The van der Waals surface area contributed by atoms with Crippen LogP contribution < -0.4 is 10.6 Å². The Morgan fingerprint density at radius 1 is 1.33 bits per heavy atom. The van der Waals surface area contributed by atoms with E-state index >= 15 is 0 Å². The highest BCUT2D eigenvalue weighted by atomic mass is 19.1. The van der Waals surface area contributed by atoms with Crippen LogP contribution in [0.1, 0.15) is 10.4 Å². The molecule has 1 heterocycles. The van der Waals surface area contributed by atoms with Gasteiger partial charge >= 0.3 is 0 Å². The number of amides is 1. The Bertz CT molecular complexity index is 569. The summed E-state index contributed by atoms with van der Waals surface area (Å²) in [5, 5.41) is 0. The Morgan fingerprint density at radius 2 is 2.11 bits per heavy atom. The minimum Gasteiger partial charge on any atom is -0.397 e. The quantitative estimate of drug-likeness (QED) is 0.881. The summed E-state index contributed by atoms with van der Waals surface area (Å²) in [4.78, 5) is 17.4. The second-order valence-electron chi connectivity index (χ2n) is 3.82. The van der Waals surface area contributed by atoms with Crippen molar-refractivity contribution < 1.29 is 9.18 Å². The maximum absolute atomic E-state index is 13.0. The van der Waals surface area contributed by atoms with Gasteiger partial charge in [-0.05, 0) is 30.3 Å². The van der Waals surface area contributed by atoms with Gasteiger partial charge in [-0.1, -0.05) is 6.07 Å². The summed E-state index contributed by atoms with van der Waals surface area (Å²) in [6.07, 6.45) is 1.46. The van der Waals surface area contributed by atoms with Crippen LogP contribution in [0.4, 0.5) is 15.9 Å². The Kier molecular flexibility index (Phi) is 3.23. The molecule has 2 aromatic rings. The van der Waals surface area contributed by atoms with Gasteiger partial charge in [0.25, 0.3) is 5.91 Å². The average molecular weight is 245 g/mol. The normalized spacial score (nSPS) is 10.1. The van der Waals surface area contributed by atoms with Gasteiger partial charge in [-0.15, -0.1) is 0 Å². The largest absolute Gasteiger partial charge is 0.397 e. The number of nitrogen functional groups attached to an aromatic ring is 1. The molecule has 0 bridgehead atoms. The first-order chi connectivity index (χ1) is 8.58. The molecule has 4 nitrogen and oxygen atoms in total. The number of nitrogens with zero attached hydrogens (tertiary/aromatic N) is 2. The molecule has 1 aromatic heterocycles. The summed E-state index contributed by atoms with van der Waals surface area (Å²) < 4.78 is 13.0. The van der Waals surface area contributed by atoms with E-state index in [9.17, 15) is 9.18 Å². The zero-order valence-corrected chi connectivity index (χ0v) is 9.80. The van der Waals surface area contributed by atoms with E-state index in [0.717, 1.165) is 0 Å². The molecule has 1 aromatic carbocycles. The molecule has 2 rings (SSSR count). The predicted octanol–water partition coefficient (Wildman–Crippen LogP) is 2.08. The molecule has 18 heavy (non-hydrogen) atoms. The Hall–Kier alpha value is -2.43. The molecule has 0 radical (unpaired) electrons. The molecule has 92 valence electrons. The van der Waals surface area contributed by atoms with E-state index in [0.29, 0.717) is 11.5 Å². The number of pyridine rings is 1. The van der Waals surface area contributed by atoms with E-state index in [1.165, 1.54) is 29.3 Å². The van der Waals surface area contributed by atoms with Crippen LogP contribution in [0, 0.1) is 5.82 Å². The molecule has 0 spiro atoms. The molecule has 0 atom stereocenters.